The summed E-state index contributed by atoms with van der Waals surface area (Å²) in [4.78, 5) is 4.59. The summed E-state index contributed by atoms with van der Waals surface area (Å²) < 4.78 is 15.3. The Balaban J connectivity index is 1.85. The van der Waals surface area contributed by atoms with Gasteiger partial charge in [0, 0.05) is 40.5 Å². The standard InChI is InChI=1S/C30H22ClOPS/c31-23-20-21-28-30(22-23)34(25-14-6-2-7-15-25,26-16-8-3-9-17-26)29-19-11-10-18-27(29)33(28,32)24-12-4-1-5-13-24/h1-22H. The van der Waals surface area contributed by atoms with Crippen molar-refractivity contribution in [3.05, 3.63) is 138 Å². The lowest BCUT2D eigenvalue weighted by Gasteiger charge is -2.48. The molecular formula is C30H22ClOPS. The van der Waals surface area contributed by atoms with E-state index < -0.39 is 17.2 Å². The molecule has 4 heteroatoms. The fraction of sp³-hybridized carbons (Fsp3) is 0. The highest BCUT2D eigenvalue weighted by Crippen LogP contribution is 2.77. The number of hydrogen-bond acceptors (Lipinski definition) is 1. The van der Waals surface area contributed by atoms with Gasteiger partial charge in [0.1, 0.15) is 0 Å². The summed E-state index contributed by atoms with van der Waals surface area (Å²) in [5.74, 6) is 0. The van der Waals surface area contributed by atoms with Gasteiger partial charge in [-0.3, -0.25) is 0 Å². The lowest BCUT2D eigenvalue weighted by atomic mass is 10.3. The van der Waals surface area contributed by atoms with Crippen LogP contribution in [0.15, 0.2) is 153 Å². The SMILES string of the molecule is O=P1(c2ccccc2)c2ccccc2S(c2ccccc2)(c2ccccc2)c2cc(Cl)ccc21. The maximum Gasteiger partial charge on any atom is 0.173 e. The van der Waals surface area contributed by atoms with Gasteiger partial charge < -0.3 is 4.57 Å². The van der Waals surface area contributed by atoms with Crippen molar-refractivity contribution in [2.75, 3.05) is 0 Å². The molecule has 1 heterocycles. The van der Waals surface area contributed by atoms with Crippen LogP contribution >= 0.6 is 28.8 Å². The third-order valence-corrected chi connectivity index (χ3v) is 14.1. The summed E-state index contributed by atoms with van der Waals surface area (Å²) in [6.07, 6.45) is 0. The monoisotopic (exact) mass is 496 g/mol. The van der Waals surface area contributed by atoms with E-state index >= 15 is 4.57 Å². The molecule has 6 rings (SSSR count). The first-order valence-electron chi connectivity index (χ1n) is 11.2. The highest BCUT2D eigenvalue weighted by atomic mass is 35.5. The molecule has 1 aliphatic rings. The molecule has 0 fully saturated rings. The average molecular weight is 497 g/mol. The van der Waals surface area contributed by atoms with Crippen molar-refractivity contribution in [2.24, 2.45) is 0 Å². The van der Waals surface area contributed by atoms with Gasteiger partial charge in [-0.1, -0.05) is 90.5 Å². The summed E-state index contributed by atoms with van der Waals surface area (Å²) in [5.41, 5.74) is 0. The molecule has 0 saturated heterocycles. The molecule has 0 N–H and O–H groups in total. The van der Waals surface area contributed by atoms with Crippen LogP contribution in [0.4, 0.5) is 0 Å². The van der Waals surface area contributed by atoms with Gasteiger partial charge in [0.25, 0.3) is 0 Å². The van der Waals surface area contributed by atoms with E-state index in [1.54, 1.807) is 0 Å². The molecule has 0 amide bonds. The molecule has 0 spiro atoms. The molecule has 0 aromatic heterocycles. The minimum Gasteiger partial charge on any atom is -0.309 e. The molecule has 0 saturated carbocycles. The smallest absolute Gasteiger partial charge is 0.173 e. The molecule has 0 bridgehead atoms. The lowest BCUT2D eigenvalue weighted by molar-refractivity contribution is 0.591. The molecule has 0 radical (unpaired) electrons. The van der Waals surface area contributed by atoms with Crippen LogP contribution in [0.2, 0.25) is 5.02 Å². The van der Waals surface area contributed by atoms with Gasteiger partial charge in [0.15, 0.2) is 7.14 Å². The average Bonchev–Trinajstić information content (AvgIpc) is 2.91. The lowest BCUT2D eigenvalue weighted by Crippen LogP contribution is -2.35. The Morgan fingerprint density at radius 3 is 1.65 bits per heavy atom. The van der Waals surface area contributed by atoms with Crippen LogP contribution in [0.3, 0.4) is 0 Å². The topological polar surface area (TPSA) is 17.1 Å². The van der Waals surface area contributed by atoms with E-state index in [0.29, 0.717) is 5.02 Å². The van der Waals surface area contributed by atoms with Crippen LogP contribution in [0, 0.1) is 0 Å². The quantitative estimate of drug-likeness (QED) is 0.230. The first kappa shape index (κ1) is 21.5. The zero-order valence-electron chi connectivity index (χ0n) is 18.3. The molecule has 1 nitrogen and oxygen atoms in total. The molecule has 34 heavy (non-hydrogen) atoms. The van der Waals surface area contributed by atoms with Crippen LogP contribution in [0.5, 0.6) is 0 Å². The summed E-state index contributed by atoms with van der Waals surface area (Å²) in [7, 11) is -5.06. The van der Waals surface area contributed by atoms with Gasteiger partial charge in [0.2, 0.25) is 0 Å². The van der Waals surface area contributed by atoms with Crippen LogP contribution in [-0.2, 0) is 4.57 Å². The molecule has 1 atom stereocenters. The van der Waals surface area contributed by atoms with Crippen molar-refractivity contribution in [3.63, 3.8) is 0 Å². The van der Waals surface area contributed by atoms with Crippen molar-refractivity contribution < 1.29 is 4.57 Å². The Kier molecular flexibility index (Phi) is 5.26. The minimum atomic E-state index is -3.12. The Morgan fingerprint density at radius 1 is 0.529 bits per heavy atom. The number of benzene rings is 5. The number of fused-ring (bicyclic) bond motifs is 2. The van der Waals surface area contributed by atoms with E-state index in [1.807, 2.05) is 60.7 Å². The van der Waals surface area contributed by atoms with Gasteiger partial charge in [0.05, 0.1) is 0 Å². The number of hydrogen-bond donors (Lipinski definition) is 0. The Morgan fingerprint density at radius 2 is 1.03 bits per heavy atom. The van der Waals surface area contributed by atoms with Gasteiger partial charge in [-0.05, 0) is 54.6 Å². The van der Waals surface area contributed by atoms with Gasteiger partial charge in [-0.15, -0.1) is 10.0 Å². The molecule has 5 aromatic rings. The third-order valence-electron chi connectivity index (χ3n) is 6.44. The fourth-order valence-corrected chi connectivity index (χ4v) is 13.6. The maximum atomic E-state index is 15.3. The molecule has 5 aromatic carbocycles. The molecule has 0 aliphatic carbocycles. The predicted octanol–water partition coefficient (Wildman–Crippen LogP) is 7.63. The van der Waals surface area contributed by atoms with Crippen LogP contribution < -0.4 is 15.9 Å². The van der Waals surface area contributed by atoms with Crippen molar-refractivity contribution in [2.45, 2.75) is 19.6 Å². The largest absolute Gasteiger partial charge is 0.309 e. The predicted molar refractivity (Wildman–Crippen MR) is 144 cm³/mol. The minimum absolute atomic E-state index is 0.654. The fourth-order valence-electron chi connectivity index (χ4n) is 5.03. The Hall–Kier alpha value is -3.03. The van der Waals surface area contributed by atoms with E-state index in [4.69, 9.17) is 11.6 Å². The van der Waals surface area contributed by atoms with Crippen LogP contribution in [-0.4, -0.2) is 0 Å². The van der Waals surface area contributed by atoms with Crippen LogP contribution in [0.1, 0.15) is 0 Å². The van der Waals surface area contributed by atoms with Crippen molar-refractivity contribution in [3.8, 4) is 0 Å². The van der Waals surface area contributed by atoms with Crippen LogP contribution in [0.25, 0.3) is 0 Å². The Bertz CT molecular complexity index is 1500. The zero-order valence-corrected chi connectivity index (χ0v) is 20.8. The van der Waals surface area contributed by atoms with E-state index in [9.17, 15) is 0 Å². The molecule has 1 aliphatic heterocycles. The summed E-state index contributed by atoms with van der Waals surface area (Å²) in [6, 6.07) is 45.4. The third kappa shape index (κ3) is 3.00. The molecular weight excluding hydrogens is 475 g/mol. The van der Waals surface area contributed by atoms with Gasteiger partial charge in [-0.2, -0.15) is 0 Å². The summed E-state index contributed by atoms with van der Waals surface area (Å²) in [5, 5.41) is 3.30. The first-order chi connectivity index (χ1) is 16.7. The number of rotatable bonds is 3. The Labute approximate surface area is 206 Å². The maximum absolute atomic E-state index is 15.3. The first-order valence-corrected chi connectivity index (χ1v) is 14.9. The zero-order chi connectivity index (χ0) is 23.2. The van der Waals surface area contributed by atoms with Crippen molar-refractivity contribution in [1.82, 2.24) is 0 Å². The number of halogens is 1. The van der Waals surface area contributed by atoms with Gasteiger partial charge >= 0.3 is 0 Å². The van der Waals surface area contributed by atoms with E-state index in [2.05, 4.69) is 72.8 Å². The normalized spacial score (nSPS) is 19.0. The van der Waals surface area contributed by atoms with Crippen molar-refractivity contribution >= 4 is 44.7 Å². The second-order valence-electron chi connectivity index (χ2n) is 8.26. The highest BCUT2D eigenvalue weighted by Gasteiger charge is 2.48. The van der Waals surface area contributed by atoms with E-state index in [-0.39, 0.29) is 0 Å². The summed E-state index contributed by atoms with van der Waals surface area (Å²) >= 11 is 6.67. The molecule has 1 unspecified atom stereocenters. The second kappa shape index (κ2) is 8.32. The second-order valence-corrected chi connectivity index (χ2v) is 14.4. The van der Waals surface area contributed by atoms with Crippen molar-refractivity contribution in [1.29, 1.82) is 0 Å². The highest BCUT2D eigenvalue weighted by molar-refractivity contribution is 8.34. The molecule has 166 valence electrons. The van der Waals surface area contributed by atoms with E-state index in [0.717, 1.165) is 25.7 Å². The van der Waals surface area contributed by atoms with Gasteiger partial charge in [-0.25, -0.2) is 0 Å². The van der Waals surface area contributed by atoms with E-state index in [1.165, 1.54) is 9.79 Å². The summed E-state index contributed by atoms with van der Waals surface area (Å²) in [6.45, 7) is 0.